The average molecular weight is 388 g/mol. The summed E-state index contributed by atoms with van der Waals surface area (Å²) >= 11 is 1.47. The fraction of sp³-hybridized carbons (Fsp3) is 0.762. The van der Waals surface area contributed by atoms with Gasteiger partial charge in [-0.05, 0) is 69.1 Å². The van der Waals surface area contributed by atoms with Crippen molar-refractivity contribution >= 4 is 28.3 Å². The van der Waals surface area contributed by atoms with Crippen molar-refractivity contribution in [1.29, 1.82) is 0 Å². The van der Waals surface area contributed by atoms with E-state index in [0.717, 1.165) is 49.1 Å². The number of carbonyl (C=O) groups excluding carboxylic acids is 2. The SMILES string of the molecule is O=C(Nc1nc(C23CC4CC(CC(C4)C2)C3)cs1)C(=O)NC1CCCCC1. The summed E-state index contributed by atoms with van der Waals surface area (Å²) in [5, 5.41) is 8.32. The van der Waals surface area contributed by atoms with Crippen molar-refractivity contribution < 1.29 is 9.59 Å². The van der Waals surface area contributed by atoms with E-state index in [-0.39, 0.29) is 11.5 Å². The van der Waals surface area contributed by atoms with E-state index in [1.165, 1.54) is 56.3 Å². The van der Waals surface area contributed by atoms with Crippen molar-refractivity contribution in [2.75, 3.05) is 5.32 Å². The number of carbonyl (C=O) groups is 2. The lowest BCUT2D eigenvalue weighted by molar-refractivity contribution is -0.136. The number of rotatable bonds is 3. The lowest BCUT2D eigenvalue weighted by Crippen LogP contribution is -2.48. The first-order chi connectivity index (χ1) is 13.1. The molecule has 2 N–H and O–H groups in total. The summed E-state index contributed by atoms with van der Waals surface area (Å²) in [6, 6.07) is 0.149. The molecule has 0 unspecified atom stereocenters. The maximum atomic E-state index is 12.3. The van der Waals surface area contributed by atoms with Crippen LogP contribution in [0.25, 0.3) is 0 Å². The van der Waals surface area contributed by atoms with Gasteiger partial charge in [0.25, 0.3) is 0 Å². The Labute approximate surface area is 164 Å². The van der Waals surface area contributed by atoms with Gasteiger partial charge in [-0.3, -0.25) is 14.9 Å². The molecule has 0 spiro atoms. The summed E-state index contributed by atoms with van der Waals surface area (Å²) in [4.78, 5) is 29.3. The molecule has 27 heavy (non-hydrogen) atoms. The molecule has 5 fully saturated rings. The Morgan fingerprint density at radius 3 is 2.22 bits per heavy atom. The van der Waals surface area contributed by atoms with E-state index in [2.05, 4.69) is 16.0 Å². The Balaban J connectivity index is 1.23. The number of nitrogens with one attached hydrogen (secondary N) is 2. The van der Waals surface area contributed by atoms with Gasteiger partial charge in [-0.2, -0.15) is 0 Å². The molecular formula is C21H29N3O2S. The van der Waals surface area contributed by atoms with Crippen LogP contribution in [-0.4, -0.2) is 22.8 Å². The van der Waals surface area contributed by atoms with Crippen LogP contribution in [0.4, 0.5) is 5.13 Å². The molecule has 6 rings (SSSR count). The highest BCUT2D eigenvalue weighted by atomic mass is 32.1. The Morgan fingerprint density at radius 2 is 1.59 bits per heavy atom. The second-order valence-corrected chi connectivity index (χ2v) is 10.4. The zero-order valence-corrected chi connectivity index (χ0v) is 16.7. The number of amides is 2. The molecule has 0 aromatic carbocycles. The highest BCUT2D eigenvalue weighted by molar-refractivity contribution is 7.14. The first-order valence-electron chi connectivity index (χ1n) is 10.7. The molecule has 0 radical (unpaired) electrons. The van der Waals surface area contributed by atoms with E-state index in [9.17, 15) is 9.59 Å². The van der Waals surface area contributed by atoms with Crippen molar-refractivity contribution in [1.82, 2.24) is 10.3 Å². The van der Waals surface area contributed by atoms with Gasteiger partial charge in [0.15, 0.2) is 5.13 Å². The van der Waals surface area contributed by atoms with E-state index in [1.807, 2.05) is 0 Å². The van der Waals surface area contributed by atoms with Crippen LogP contribution >= 0.6 is 11.3 Å². The molecule has 1 aromatic heterocycles. The fourth-order valence-electron chi connectivity index (χ4n) is 6.65. The van der Waals surface area contributed by atoms with Crippen LogP contribution in [-0.2, 0) is 15.0 Å². The number of thiazole rings is 1. The van der Waals surface area contributed by atoms with Crippen molar-refractivity contribution in [2.45, 2.75) is 82.1 Å². The van der Waals surface area contributed by atoms with E-state index < -0.39 is 11.8 Å². The Kier molecular flexibility index (Phi) is 4.49. The molecule has 5 saturated carbocycles. The van der Waals surface area contributed by atoms with Gasteiger partial charge < -0.3 is 5.32 Å². The van der Waals surface area contributed by atoms with E-state index >= 15 is 0 Å². The number of nitrogens with zero attached hydrogens (tertiary/aromatic N) is 1. The van der Waals surface area contributed by atoms with Crippen molar-refractivity contribution in [3.63, 3.8) is 0 Å². The third kappa shape index (κ3) is 3.41. The maximum Gasteiger partial charge on any atom is 0.315 e. The van der Waals surface area contributed by atoms with Gasteiger partial charge in [0.2, 0.25) is 0 Å². The second-order valence-electron chi connectivity index (χ2n) is 9.50. The van der Waals surface area contributed by atoms with Crippen LogP contribution in [0, 0.1) is 17.8 Å². The number of hydrogen-bond acceptors (Lipinski definition) is 4. The summed E-state index contributed by atoms with van der Waals surface area (Å²) in [7, 11) is 0. The second kappa shape index (κ2) is 6.87. The predicted octanol–water partition coefficient (Wildman–Crippen LogP) is 4.00. The summed E-state index contributed by atoms with van der Waals surface area (Å²) in [6.07, 6.45) is 13.5. The minimum atomic E-state index is -0.577. The summed E-state index contributed by atoms with van der Waals surface area (Å²) in [5.41, 5.74) is 1.40. The largest absolute Gasteiger partial charge is 0.345 e. The molecule has 5 aliphatic rings. The first kappa shape index (κ1) is 17.7. The van der Waals surface area contributed by atoms with Gasteiger partial charge in [0, 0.05) is 16.8 Å². The summed E-state index contributed by atoms with van der Waals surface area (Å²) < 4.78 is 0. The molecule has 0 saturated heterocycles. The lowest BCUT2D eigenvalue weighted by atomic mass is 9.49. The van der Waals surface area contributed by atoms with Crippen LogP contribution in [0.3, 0.4) is 0 Å². The molecule has 5 nitrogen and oxygen atoms in total. The van der Waals surface area contributed by atoms with Crippen molar-refractivity contribution in [2.24, 2.45) is 17.8 Å². The predicted molar refractivity (Wildman–Crippen MR) is 106 cm³/mol. The van der Waals surface area contributed by atoms with E-state index in [4.69, 9.17) is 4.98 Å². The van der Waals surface area contributed by atoms with Gasteiger partial charge in [0.1, 0.15) is 0 Å². The van der Waals surface area contributed by atoms with Crippen molar-refractivity contribution in [3.05, 3.63) is 11.1 Å². The minimum absolute atomic E-state index is 0.149. The summed E-state index contributed by atoms with van der Waals surface area (Å²) in [5.74, 6) is 1.52. The van der Waals surface area contributed by atoms with Crippen LogP contribution in [0.2, 0.25) is 0 Å². The molecular weight excluding hydrogens is 358 g/mol. The first-order valence-corrected chi connectivity index (χ1v) is 11.6. The Morgan fingerprint density at radius 1 is 0.963 bits per heavy atom. The smallest absolute Gasteiger partial charge is 0.315 e. The quantitative estimate of drug-likeness (QED) is 0.770. The molecule has 1 heterocycles. The molecule has 6 heteroatoms. The van der Waals surface area contributed by atoms with Gasteiger partial charge in [-0.1, -0.05) is 19.3 Å². The topological polar surface area (TPSA) is 71.1 Å². The lowest BCUT2D eigenvalue weighted by Gasteiger charge is -2.56. The highest BCUT2D eigenvalue weighted by Crippen LogP contribution is 2.60. The summed E-state index contributed by atoms with van der Waals surface area (Å²) in [6.45, 7) is 0. The van der Waals surface area contributed by atoms with Gasteiger partial charge >= 0.3 is 11.8 Å². The van der Waals surface area contributed by atoms with Gasteiger partial charge in [-0.25, -0.2) is 4.98 Å². The Hall–Kier alpha value is -1.43. The minimum Gasteiger partial charge on any atom is -0.345 e. The van der Waals surface area contributed by atoms with Crippen LogP contribution in [0.5, 0.6) is 0 Å². The third-order valence-corrected chi connectivity index (χ3v) is 8.21. The van der Waals surface area contributed by atoms with Crippen LogP contribution in [0.15, 0.2) is 5.38 Å². The van der Waals surface area contributed by atoms with Crippen LogP contribution in [0.1, 0.15) is 76.3 Å². The number of aromatic nitrogens is 1. The zero-order chi connectivity index (χ0) is 18.4. The molecule has 5 aliphatic carbocycles. The Bertz CT molecular complexity index is 702. The van der Waals surface area contributed by atoms with Crippen molar-refractivity contribution in [3.8, 4) is 0 Å². The van der Waals surface area contributed by atoms with E-state index in [1.54, 1.807) is 0 Å². The molecule has 4 bridgehead atoms. The fourth-order valence-corrected chi connectivity index (χ4v) is 7.48. The van der Waals surface area contributed by atoms with Crippen LogP contribution < -0.4 is 10.6 Å². The van der Waals surface area contributed by atoms with Gasteiger partial charge in [0.05, 0.1) is 5.69 Å². The molecule has 0 aliphatic heterocycles. The molecule has 1 aromatic rings. The molecule has 146 valence electrons. The zero-order valence-electron chi connectivity index (χ0n) is 15.8. The number of anilines is 1. The van der Waals surface area contributed by atoms with Gasteiger partial charge in [-0.15, -0.1) is 11.3 Å². The number of hydrogen-bond donors (Lipinski definition) is 2. The maximum absolute atomic E-state index is 12.3. The van der Waals surface area contributed by atoms with E-state index in [0.29, 0.717) is 5.13 Å². The normalized spacial score (nSPS) is 35.2. The highest BCUT2D eigenvalue weighted by Gasteiger charge is 2.52. The molecule has 0 atom stereocenters. The average Bonchev–Trinajstić information content (AvgIpc) is 3.11. The molecule has 2 amide bonds. The third-order valence-electron chi connectivity index (χ3n) is 7.45. The monoisotopic (exact) mass is 387 g/mol. The standard InChI is InChI=1S/C21H29N3O2S/c25-18(22-16-4-2-1-3-5-16)19(26)24-20-23-17(12-27-20)21-9-13-6-14(10-21)8-15(7-13)11-21/h12-16H,1-11H2,(H,22,25)(H,23,24,26).